The highest BCUT2D eigenvalue weighted by Crippen LogP contribution is 2.16. The number of benzene rings is 1. The van der Waals surface area contributed by atoms with Gasteiger partial charge in [0.05, 0.1) is 5.56 Å². The fourth-order valence-electron chi connectivity index (χ4n) is 0.862. The first-order valence-electron chi connectivity index (χ1n) is 4.65. The molecule has 1 N–H and O–H groups in total. The van der Waals surface area contributed by atoms with Gasteiger partial charge < -0.3 is 5.41 Å². The first-order valence-corrected chi connectivity index (χ1v) is 5.97. The molecule has 0 aliphatic rings. The number of amides is 1. The van der Waals surface area contributed by atoms with Gasteiger partial charge in [0, 0.05) is 4.90 Å². The summed E-state index contributed by atoms with van der Waals surface area (Å²) in [6, 6.07) is 5.75. The topological polar surface area (TPSA) is 68.5 Å². The normalized spacial score (nSPS) is 9.52. The van der Waals surface area contributed by atoms with E-state index in [2.05, 4.69) is 35.8 Å². The Kier molecular flexibility index (Phi) is 11.9. The number of halogens is 6. The molecule has 21 heavy (non-hydrogen) atoms. The van der Waals surface area contributed by atoms with Gasteiger partial charge in [0.15, 0.2) is 0 Å². The molecule has 0 aliphatic carbocycles. The first-order chi connectivity index (χ1) is 9.55. The van der Waals surface area contributed by atoms with Gasteiger partial charge in [-0.2, -0.15) is 13.2 Å². The van der Waals surface area contributed by atoms with Crippen molar-refractivity contribution in [3.63, 3.8) is 0 Å². The van der Waals surface area contributed by atoms with E-state index in [1.54, 1.807) is 6.07 Å². The van der Waals surface area contributed by atoms with Crippen LogP contribution in [0.4, 0.5) is 17.6 Å². The second-order valence-corrected chi connectivity index (χ2v) is 4.28. The van der Waals surface area contributed by atoms with Gasteiger partial charge in [-0.15, -0.1) is 12.6 Å². The average molecular weight is 366 g/mol. The largest absolute Gasteiger partial charge is 0.724 e. The monoisotopic (exact) mass is 365 g/mol. The van der Waals surface area contributed by atoms with E-state index in [0.29, 0.717) is 6.08 Å². The maximum Gasteiger partial charge on any atom is 0.484 e. The summed E-state index contributed by atoms with van der Waals surface area (Å²) >= 11 is 12.6. The van der Waals surface area contributed by atoms with Crippen molar-refractivity contribution in [3.8, 4) is 0 Å². The molecule has 0 radical (unpaired) electrons. The maximum atomic E-state index is 11.8. The van der Waals surface area contributed by atoms with Crippen LogP contribution >= 0.6 is 35.8 Å². The highest BCUT2D eigenvalue weighted by Gasteiger charge is 2.30. The van der Waals surface area contributed by atoms with Gasteiger partial charge in [0.2, 0.25) is 5.09 Å². The van der Waals surface area contributed by atoms with Crippen LogP contribution < -0.4 is 5.32 Å². The molecule has 118 valence electrons. The Hall–Kier alpha value is -1.28. The van der Waals surface area contributed by atoms with Crippen molar-refractivity contribution in [3.05, 3.63) is 35.2 Å². The fraction of sp³-hybridized carbons (Fsp3) is 0.200. The molecular formula is C10H7Cl2F4N2O2S-. The van der Waals surface area contributed by atoms with Crippen molar-refractivity contribution < 1.29 is 27.2 Å². The third-order valence-corrected chi connectivity index (χ3v) is 1.79. The number of hydrogen-bond donors (Lipinski definition) is 2. The average Bonchev–Trinajstić information content (AvgIpc) is 2.27. The van der Waals surface area contributed by atoms with Crippen molar-refractivity contribution in [2.24, 2.45) is 0 Å². The van der Waals surface area contributed by atoms with Gasteiger partial charge in [-0.25, -0.2) is 4.39 Å². The molecular weight excluding hydrogens is 359 g/mol. The number of thiol groups is 1. The van der Waals surface area contributed by atoms with Gasteiger partial charge >= 0.3 is 6.30 Å². The van der Waals surface area contributed by atoms with E-state index < -0.39 is 17.3 Å². The SMILES string of the molecule is FC(Cl)Cl.O=C(NC(F)(F)F)c1ccccc1S.[N-]=C=O. The van der Waals surface area contributed by atoms with Crippen LogP contribution in [0.2, 0.25) is 0 Å². The Bertz CT molecular complexity index is 478. The Labute approximate surface area is 132 Å². The summed E-state index contributed by atoms with van der Waals surface area (Å²) in [5, 5.41) is 5.93. The van der Waals surface area contributed by atoms with Crippen molar-refractivity contribution >= 4 is 47.8 Å². The number of nitrogens with one attached hydrogen (secondary N) is 1. The number of nitrogens with zero attached hydrogens (tertiary/aromatic N) is 1. The van der Waals surface area contributed by atoms with Crippen LogP contribution in [0.15, 0.2) is 29.2 Å². The smallest absolute Gasteiger partial charge is 0.484 e. The molecule has 0 saturated heterocycles. The molecule has 0 aromatic heterocycles. The Morgan fingerprint density at radius 1 is 1.33 bits per heavy atom. The molecule has 1 aromatic carbocycles. The van der Waals surface area contributed by atoms with Gasteiger partial charge in [0.1, 0.15) is 0 Å². The van der Waals surface area contributed by atoms with Crippen molar-refractivity contribution in [2.75, 3.05) is 0 Å². The van der Waals surface area contributed by atoms with Crippen LogP contribution in [0.3, 0.4) is 0 Å². The van der Waals surface area contributed by atoms with Crippen LogP contribution in [0.1, 0.15) is 10.4 Å². The van der Waals surface area contributed by atoms with Crippen molar-refractivity contribution in [2.45, 2.75) is 16.3 Å². The molecule has 11 heteroatoms. The van der Waals surface area contributed by atoms with E-state index in [1.807, 2.05) is 0 Å². The van der Waals surface area contributed by atoms with E-state index in [-0.39, 0.29) is 10.5 Å². The van der Waals surface area contributed by atoms with Gasteiger partial charge in [-0.05, 0) is 18.2 Å². The molecule has 0 fully saturated rings. The lowest BCUT2D eigenvalue weighted by molar-refractivity contribution is -0.146. The van der Waals surface area contributed by atoms with E-state index in [9.17, 15) is 22.4 Å². The predicted octanol–water partition coefficient (Wildman–Crippen LogP) is 3.83. The molecule has 0 unspecified atom stereocenters. The third-order valence-electron chi connectivity index (χ3n) is 1.40. The molecule has 0 atom stereocenters. The lowest BCUT2D eigenvalue weighted by atomic mass is 10.2. The standard InChI is InChI=1S/C8H6F3NOS.CHCl2F.CNO/c9-8(10,11)12-7(13)5-3-1-2-4-6(5)14;2-1(3)4;2-1-3/h1-4,14H,(H,12,13);1H;/q;;-1. The van der Waals surface area contributed by atoms with E-state index in [0.717, 1.165) is 5.32 Å². The zero-order valence-electron chi connectivity index (χ0n) is 9.87. The minimum Gasteiger partial charge on any atom is -0.724 e. The van der Waals surface area contributed by atoms with Crippen LogP contribution in [-0.2, 0) is 4.79 Å². The summed E-state index contributed by atoms with van der Waals surface area (Å²) in [6.45, 7) is 0. The number of alkyl halides is 6. The number of isocyanates is 1. The van der Waals surface area contributed by atoms with E-state index in [1.165, 1.54) is 18.2 Å². The Balaban J connectivity index is 0. The quantitative estimate of drug-likeness (QED) is 0.198. The lowest BCUT2D eigenvalue weighted by Crippen LogP contribution is -2.37. The third kappa shape index (κ3) is 14.9. The molecule has 4 nitrogen and oxygen atoms in total. The fourth-order valence-corrected chi connectivity index (χ4v) is 1.12. The molecule has 0 bridgehead atoms. The number of rotatable bonds is 1. The molecule has 0 spiro atoms. The molecule has 1 amide bonds. The zero-order chi connectivity index (χ0) is 17.1. The zero-order valence-corrected chi connectivity index (χ0v) is 12.3. The maximum absolute atomic E-state index is 11.8. The Morgan fingerprint density at radius 2 is 1.71 bits per heavy atom. The lowest BCUT2D eigenvalue weighted by Gasteiger charge is -2.09. The molecule has 0 heterocycles. The summed E-state index contributed by atoms with van der Waals surface area (Å²) < 4.78 is 45.8. The van der Waals surface area contributed by atoms with E-state index in [4.69, 9.17) is 10.2 Å². The highest BCUT2D eigenvalue weighted by atomic mass is 35.5. The molecule has 1 aromatic rings. The molecule has 0 saturated carbocycles. The number of carbonyl (C=O) groups excluding carboxylic acids is 2. The van der Waals surface area contributed by atoms with Crippen molar-refractivity contribution in [1.82, 2.24) is 5.32 Å². The van der Waals surface area contributed by atoms with Crippen LogP contribution in [0, 0.1) is 0 Å². The number of hydrogen-bond acceptors (Lipinski definition) is 3. The van der Waals surface area contributed by atoms with Gasteiger partial charge in [-0.3, -0.25) is 14.9 Å². The van der Waals surface area contributed by atoms with Crippen molar-refractivity contribution in [1.29, 1.82) is 0 Å². The summed E-state index contributed by atoms with van der Waals surface area (Å²) in [7, 11) is 0. The second-order valence-electron chi connectivity index (χ2n) is 2.81. The minimum absolute atomic E-state index is 0.104. The molecule has 1 rings (SSSR count). The minimum atomic E-state index is -4.72. The van der Waals surface area contributed by atoms with Gasteiger partial charge in [0.25, 0.3) is 5.91 Å². The molecule has 0 aliphatic heterocycles. The first kappa shape index (κ1) is 22.0. The summed E-state index contributed by atoms with van der Waals surface area (Å²) in [5.74, 6) is -1.21. The Morgan fingerprint density at radius 3 is 2.05 bits per heavy atom. The predicted molar refractivity (Wildman–Crippen MR) is 72.9 cm³/mol. The summed E-state index contributed by atoms with van der Waals surface area (Å²) in [4.78, 5) is 19.4. The highest BCUT2D eigenvalue weighted by molar-refractivity contribution is 7.80. The van der Waals surface area contributed by atoms with Crippen LogP contribution in [0.25, 0.3) is 5.41 Å². The second kappa shape index (κ2) is 11.4. The van der Waals surface area contributed by atoms with Gasteiger partial charge in [-0.1, -0.05) is 35.3 Å². The van der Waals surface area contributed by atoms with Crippen LogP contribution in [-0.4, -0.2) is 23.4 Å². The van der Waals surface area contributed by atoms with Crippen LogP contribution in [0.5, 0.6) is 0 Å². The van der Waals surface area contributed by atoms with E-state index >= 15 is 0 Å². The number of carbonyl (C=O) groups is 1. The summed E-state index contributed by atoms with van der Waals surface area (Å²) in [5.41, 5.74) is -0.104. The summed E-state index contributed by atoms with van der Waals surface area (Å²) in [6.07, 6.45) is -4.22.